The molecule has 0 amide bonds. The first-order chi connectivity index (χ1) is 10.2. The number of nitrogens with zero attached hydrogens (tertiary/aromatic N) is 1. The predicted molar refractivity (Wildman–Crippen MR) is 87.3 cm³/mol. The van der Waals surface area contributed by atoms with Crippen LogP contribution in [0.5, 0.6) is 0 Å². The molecule has 1 atom stereocenters. The van der Waals surface area contributed by atoms with E-state index >= 15 is 0 Å². The lowest BCUT2D eigenvalue weighted by atomic mass is 10.0. The van der Waals surface area contributed by atoms with Gasteiger partial charge in [-0.25, -0.2) is 0 Å². The number of nitrogens with one attached hydrogen (secondary N) is 1. The first-order valence-electron chi connectivity index (χ1n) is 7.50. The highest BCUT2D eigenvalue weighted by Crippen LogP contribution is 2.27. The van der Waals surface area contributed by atoms with Gasteiger partial charge >= 0.3 is 0 Å². The second kappa shape index (κ2) is 8.59. The molecule has 5 heteroatoms. The summed E-state index contributed by atoms with van der Waals surface area (Å²) in [5, 5.41) is 4.17. The Morgan fingerprint density at radius 1 is 1.38 bits per heavy atom. The van der Waals surface area contributed by atoms with Gasteiger partial charge in [0.05, 0.1) is 12.7 Å². The van der Waals surface area contributed by atoms with Crippen LogP contribution in [0.15, 0.2) is 18.2 Å². The molecule has 1 heterocycles. The van der Waals surface area contributed by atoms with Gasteiger partial charge in [-0.2, -0.15) is 0 Å². The van der Waals surface area contributed by atoms with Crippen LogP contribution < -0.4 is 10.2 Å². The number of piperidine rings is 1. The highest BCUT2D eigenvalue weighted by molar-refractivity contribution is 6.30. The van der Waals surface area contributed by atoms with Crippen molar-refractivity contribution in [3.63, 3.8) is 0 Å². The summed E-state index contributed by atoms with van der Waals surface area (Å²) in [5.74, 6) is 0. The van der Waals surface area contributed by atoms with Crippen LogP contribution in [-0.4, -0.2) is 46.6 Å². The predicted octanol–water partition coefficient (Wildman–Crippen LogP) is 2.69. The Hall–Kier alpha value is -0.810. The van der Waals surface area contributed by atoms with Gasteiger partial charge in [-0.05, 0) is 36.6 Å². The van der Waals surface area contributed by atoms with Crippen LogP contribution in [0.4, 0.5) is 5.69 Å². The van der Waals surface area contributed by atoms with Crippen molar-refractivity contribution in [1.29, 1.82) is 0 Å². The molecule has 0 spiro atoms. The third-order valence-electron chi connectivity index (χ3n) is 3.89. The molecule has 21 heavy (non-hydrogen) atoms. The first kappa shape index (κ1) is 16.6. The summed E-state index contributed by atoms with van der Waals surface area (Å²) in [7, 11) is 3.51. The summed E-state index contributed by atoms with van der Waals surface area (Å²) in [4.78, 5) is 2.40. The maximum absolute atomic E-state index is 6.16. The summed E-state index contributed by atoms with van der Waals surface area (Å²) in [5.41, 5.74) is 2.49. The van der Waals surface area contributed by atoms with Crippen LogP contribution in [0, 0.1) is 0 Å². The van der Waals surface area contributed by atoms with E-state index in [-0.39, 0.29) is 0 Å². The van der Waals surface area contributed by atoms with E-state index in [2.05, 4.69) is 16.3 Å². The monoisotopic (exact) mass is 312 g/mol. The van der Waals surface area contributed by atoms with Crippen molar-refractivity contribution in [2.45, 2.75) is 25.5 Å². The van der Waals surface area contributed by atoms with Crippen molar-refractivity contribution in [3.8, 4) is 0 Å². The first-order valence-corrected chi connectivity index (χ1v) is 7.88. The molecule has 1 saturated heterocycles. The van der Waals surface area contributed by atoms with E-state index in [1.807, 2.05) is 12.1 Å². The number of hydrogen-bond acceptors (Lipinski definition) is 4. The number of methoxy groups -OCH3 is 2. The molecule has 1 aliphatic rings. The molecule has 0 aromatic heterocycles. The zero-order chi connectivity index (χ0) is 15.1. The minimum atomic E-state index is 0.323. The van der Waals surface area contributed by atoms with E-state index in [4.69, 9.17) is 21.1 Å². The minimum absolute atomic E-state index is 0.323. The fourth-order valence-corrected chi connectivity index (χ4v) is 2.95. The smallest absolute Gasteiger partial charge is 0.0746 e. The van der Waals surface area contributed by atoms with E-state index in [9.17, 15) is 0 Å². The molecule has 1 aromatic carbocycles. The summed E-state index contributed by atoms with van der Waals surface area (Å²) in [6, 6.07) is 6.13. The van der Waals surface area contributed by atoms with Gasteiger partial charge in [0.1, 0.15) is 0 Å². The summed E-state index contributed by atoms with van der Waals surface area (Å²) in [6.45, 7) is 4.37. The molecule has 1 aliphatic heterocycles. The number of ether oxygens (including phenoxy) is 2. The zero-order valence-corrected chi connectivity index (χ0v) is 13.7. The number of halogens is 1. The molecule has 0 saturated carbocycles. The van der Waals surface area contributed by atoms with E-state index in [0.717, 1.165) is 44.0 Å². The average molecular weight is 313 g/mol. The number of anilines is 1. The van der Waals surface area contributed by atoms with Gasteiger partial charge in [0.2, 0.25) is 0 Å². The molecule has 1 N–H and O–H groups in total. The third-order valence-corrected chi connectivity index (χ3v) is 4.13. The van der Waals surface area contributed by atoms with Crippen LogP contribution in [0.3, 0.4) is 0 Å². The molecule has 1 unspecified atom stereocenters. The molecule has 118 valence electrons. The van der Waals surface area contributed by atoms with Crippen LogP contribution in [0.25, 0.3) is 0 Å². The van der Waals surface area contributed by atoms with Crippen molar-refractivity contribution in [2.24, 2.45) is 0 Å². The van der Waals surface area contributed by atoms with Gasteiger partial charge < -0.3 is 19.7 Å². The second-order valence-corrected chi connectivity index (χ2v) is 5.83. The highest BCUT2D eigenvalue weighted by atomic mass is 35.5. The zero-order valence-electron chi connectivity index (χ0n) is 12.9. The topological polar surface area (TPSA) is 33.7 Å². The van der Waals surface area contributed by atoms with Crippen molar-refractivity contribution in [1.82, 2.24) is 5.32 Å². The Balaban J connectivity index is 2.06. The molecule has 1 fully saturated rings. The van der Waals surface area contributed by atoms with Crippen molar-refractivity contribution in [2.75, 3.05) is 45.4 Å². The molecule has 1 aromatic rings. The second-order valence-electron chi connectivity index (χ2n) is 5.39. The summed E-state index contributed by atoms with van der Waals surface area (Å²) >= 11 is 6.16. The minimum Gasteiger partial charge on any atom is -0.383 e. The Labute approximate surface area is 132 Å². The fraction of sp³-hybridized carbons (Fsp3) is 0.625. The Morgan fingerprint density at radius 3 is 3.00 bits per heavy atom. The average Bonchev–Trinajstić information content (AvgIpc) is 2.52. The van der Waals surface area contributed by atoms with Crippen LogP contribution in [0.2, 0.25) is 5.02 Å². The largest absolute Gasteiger partial charge is 0.383 e. The molecule has 0 bridgehead atoms. The SMILES string of the molecule is COCCNCc1cc(Cl)ccc1N1CCCC(OC)C1. The van der Waals surface area contributed by atoms with E-state index < -0.39 is 0 Å². The maximum atomic E-state index is 6.16. The van der Waals surface area contributed by atoms with Crippen LogP contribution in [0.1, 0.15) is 18.4 Å². The molecule has 0 aliphatic carbocycles. The Morgan fingerprint density at radius 2 is 2.24 bits per heavy atom. The number of hydrogen-bond donors (Lipinski definition) is 1. The Kier molecular flexibility index (Phi) is 6.77. The molecular formula is C16H25ClN2O2. The van der Waals surface area contributed by atoms with Crippen molar-refractivity contribution < 1.29 is 9.47 Å². The van der Waals surface area contributed by atoms with Gasteiger partial charge in [0, 0.05) is 51.1 Å². The van der Waals surface area contributed by atoms with Gasteiger partial charge in [-0.3, -0.25) is 0 Å². The van der Waals surface area contributed by atoms with Gasteiger partial charge in [0.25, 0.3) is 0 Å². The fourth-order valence-electron chi connectivity index (χ4n) is 2.75. The normalized spacial score (nSPS) is 19.0. The van der Waals surface area contributed by atoms with Crippen LogP contribution in [-0.2, 0) is 16.0 Å². The van der Waals surface area contributed by atoms with E-state index in [1.54, 1.807) is 14.2 Å². The maximum Gasteiger partial charge on any atom is 0.0746 e. The van der Waals surface area contributed by atoms with Gasteiger partial charge in [-0.15, -0.1) is 0 Å². The molecular weight excluding hydrogens is 288 g/mol. The lowest BCUT2D eigenvalue weighted by molar-refractivity contribution is 0.0893. The number of rotatable bonds is 7. The molecule has 0 radical (unpaired) electrons. The summed E-state index contributed by atoms with van der Waals surface area (Å²) < 4.78 is 10.6. The molecule has 2 rings (SSSR count). The number of benzene rings is 1. The Bertz CT molecular complexity index is 442. The van der Waals surface area contributed by atoms with Gasteiger partial charge in [0.15, 0.2) is 0 Å². The lowest BCUT2D eigenvalue weighted by Gasteiger charge is -2.35. The molecule has 4 nitrogen and oxygen atoms in total. The lowest BCUT2D eigenvalue weighted by Crippen LogP contribution is -2.40. The van der Waals surface area contributed by atoms with E-state index in [0.29, 0.717) is 12.7 Å². The van der Waals surface area contributed by atoms with Crippen LogP contribution >= 0.6 is 11.6 Å². The third kappa shape index (κ3) is 4.85. The van der Waals surface area contributed by atoms with Gasteiger partial charge in [-0.1, -0.05) is 11.6 Å². The quantitative estimate of drug-likeness (QED) is 0.785. The summed E-state index contributed by atoms with van der Waals surface area (Å²) in [6.07, 6.45) is 2.63. The van der Waals surface area contributed by atoms with Crippen molar-refractivity contribution in [3.05, 3.63) is 28.8 Å². The van der Waals surface area contributed by atoms with Crippen molar-refractivity contribution >= 4 is 17.3 Å². The standard InChI is InChI=1S/C16H25ClN2O2/c1-20-9-7-18-11-13-10-14(17)5-6-16(13)19-8-3-4-15(12-19)21-2/h5-6,10,15,18H,3-4,7-9,11-12H2,1-2H3. The van der Waals surface area contributed by atoms with E-state index in [1.165, 1.54) is 11.3 Å². The highest BCUT2D eigenvalue weighted by Gasteiger charge is 2.21.